The minimum atomic E-state index is -4.56. The van der Waals surface area contributed by atoms with Crippen LogP contribution in [0.3, 0.4) is 0 Å². The number of nitrogens with one attached hydrogen (secondary N) is 2. The molecule has 4 rings (SSSR count). The van der Waals surface area contributed by atoms with Gasteiger partial charge in [0.2, 0.25) is 0 Å². The number of aromatic nitrogens is 2. The van der Waals surface area contributed by atoms with Crippen LogP contribution in [0.2, 0.25) is 0 Å². The molecule has 2 aromatic carbocycles. The first-order valence-corrected chi connectivity index (χ1v) is 15.0. The van der Waals surface area contributed by atoms with Gasteiger partial charge in [0.05, 0.1) is 24.3 Å². The maximum absolute atomic E-state index is 13.9. The van der Waals surface area contributed by atoms with Crippen molar-refractivity contribution in [3.8, 4) is 0 Å². The Bertz CT molecular complexity index is 1630. The highest BCUT2D eigenvalue weighted by Crippen LogP contribution is 2.29. The second-order valence-electron chi connectivity index (χ2n) is 10.7. The van der Waals surface area contributed by atoms with E-state index >= 15 is 0 Å². The van der Waals surface area contributed by atoms with Gasteiger partial charge in [-0.3, -0.25) is 14.6 Å². The number of aryl methyl sites for hydroxylation is 1. The number of carbonyl (C=O) groups excluding carboxylic acids is 2. The summed E-state index contributed by atoms with van der Waals surface area (Å²) in [6.45, 7) is 1.78. The minimum absolute atomic E-state index is 0.0457. The van der Waals surface area contributed by atoms with Gasteiger partial charge in [-0.1, -0.05) is 30.3 Å². The summed E-state index contributed by atoms with van der Waals surface area (Å²) in [5.41, 5.74) is 0.0329. The van der Waals surface area contributed by atoms with E-state index in [-0.39, 0.29) is 42.7 Å². The average Bonchev–Trinajstić information content (AvgIpc) is 3.44. The van der Waals surface area contributed by atoms with Gasteiger partial charge >= 0.3 is 6.18 Å². The lowest BCUT2D eigenvalue weighted by Crippen LogP contribution is -2.48. The molecule has 2 aromatic heterocycles. The zero-order valence-electron chi connectivity index (χ0n) is 24.9. The number of aliphatic hydroxyl groups excluding tert-OH is 1. The molecule has 2 atom stereocenters. The van der Waals surface area contributed by atoms with Crippen LogP contribution in [0.4, 0.5) is 22.0 Å². The molecule has 0 bridgehead atoms. The molecule has 0 saturated carbocycles. The van der Waals surface area contributed by atoms with Crippen molar-refractivity contribution in [2.45, 2.75) is 51.2 Å². The Balaban J connectivity index is 1.51. The fraction of sp³-hybridized carbons (Fsp3) is 0.312. The smallest absolute Gasteiger partial charge is 0.390 e. The molecule has 0 saturated heterocycles. The van der Waals surface area contributed by atoms with E-state index in [0.717, 1.165) is 29.5 Å². The first kappa shape index (κ1) is 34.6. The second-order valence-corrected chi connectivity index (χ2v) is 11.7. The molecule has 244 valence electrons. The SMILES string of the molecule is Cc1csc(CN(C)C(=O)c2cc(C(=O)N[C@@H](Cc3ccccc3)[C@H](O)CNCc3cncc(C(F)(F)F)c3)cc(C(F)F)c2)n1. The highest BCUT2D eigenvalue weighted by Gasteiger charge is 2.31. The summed E-state index contributed by atoms with van der Waals surface area (Å²) in [4.78, 5) is 35.9. The minimum Gasteiger partial charge on any atom is -0.390 e. The number of pyridine rings is 1. The molecule has 4 aromatic rings. The molecule has 0 unspecified atom stereocenters. The molecule has 0 aliphatic heterocycles. The third kappa shape index (κ3) is 9.61. The molecule has 2 heterocycles. The quantitative estimate of drug-likeness (QED) is 0.162. The van der Waals surface area contributed by atoms with Crippen LogP contribution in [-0.2, 0) is 25.7 Å². The molecule has 46 heavy (non-hydrogen) atoms. The summed E-state index contributed by atoms with van der Waals surface area (Å²) in [7, 11) is 1.50. The number of amides is 2. The fourth-order valence-electron chi connectivity index (χ4n) is 4.65. The topological polar surface area (TPSA) is 107 Å². The van der Waals surface area contributed by atoms with Crippen molar-refractivity contribution in [3.05, 3.63) is 116 Å². The van der Waals surface area contributed by atoms with Crippen LogP contribution in [-0.4, -0.2) is 57.5 Å². The van der Waals surface area contributed by atoms with Crippen LogP contribution < -0.4 is 10.6 Å². The van der Waals surface area contributed by atoms with E-state index in [9.17, 15) is 36.6 Å². The van der Waals surface area contributed by atoms with Crippen molar-refractivity contribution in [2.24, 2.45) is 0 Å². The summed E-state index contributed by atoms with van der Waals surface area (Å²) >= 11 is 1.36. The van der Waals surface area contributed by atoms with Crippen molar-refractivity contribution >= 4 is 23.2 Å². The molecule has 3 N–H and O–H groups in total. The van der Waals surface area contributed by atoms with Gasteiger partial charge in [-0.25, -0.2) is 13.8 Å². The van der Waals surface area contributed by atoms with Gasteiger partial charge in [0, 0.05) is 60.3 Å². The fourth-order valence-corrected chi connectivity index (χ4v) is 5.48. The predicted octanol–water partition coefficient (Wildman–Crippen LogP) is 5.57. The summed E-state index contributed by atoms with van der Waals surface area (Å²) in [5.74, 6) is -1.38. The standard InChI is InChI=1S/C32H32F5N5O3S/c1-19-18-46-28(40-19)17-42(2)31(45)24-11-22(29(33)34)10-23(12-24)30(44)41-26(9-20-6-4-3-5-7-20)27(43)16-39-14-21-8-25(15-38-13-21)32(35,36)37/h3-8,10-13,15,18,26-27,29,39,43H,9,14,16-17H2,1-2H3,(H,41,44)/t26-,27+/m0/s1. The lowest BCUT2D eigenvalue weighted by Gasteiger charge is -2.25. The number of aliphatic hydroxyl groups is 1. The Morgan fingerprint density at radius 3 is 2.39 bits per heavy atom. The summed E-state index contributed by atoms with van der Waals surface area (Å²) in [5, 5.41) is 19.1. The van der Waals surface area contributed by atoms with Crippen LogP contribution >= 0.6 is 11.3 Å². The Kier molecular flexibility index (Phi) is 11.5. The van der Waals surface area contributed by atoms with Crippen LogP contribution in [0.5, 0.6) is 0 Å². The van der Waals surface area contributed by atoms with Gasteiger partial charge in [0.1, 0.15) is 5.01 Å². The van der Waals surface area contributed by atoms with Crippen molar-refractivity contribution in [1.82, 2.24) is 25.5 Å². The summed E-state index contributed by atoms with van der Waals surface area (Å²) < 4.78 is 66.9. The molecule has 0 aliphatic rings. The molecule has 2 amide bonds. The zero-order valence-corrected chi connectivity index (χ0v) is 25.7. The molecular weight excluding hydrogens is 629 g/mol. The van der Waals surface area contributed by atoms with Gasteiger partial charge in [-0.2, -0.15) is 13.2 Å². The predicted molar refractivity (Wildman–Crippen MR) is 162 cm³/mol. The van der Waals surface area contributed by atoms with Crippen LogP contribution in [0.1, 0.15) is 60.1 Å². The average molecular weight is 662 g/mol. The number of hydrogen-bond acceptors (Lipinski definition) is 7. The molecule has 0 aliphatic carbocycles. The van der Waals surface area contributed by atoms with E-state index < -0.39 is 47.7 Å². The van der Waals surface area contributed by atoms with Crippen molar-refractivity contribution < 1.29 is 36.6 Å². The number of alkyl halides is 5. The first-order valence-electron chi connectivity index (χ1n) is 14.1. The second kappa shape index (κ2) is 15.3. The van der Waals surface area contributed by atoms with Gasteiger partial charge in [-0.15, -0.1) is 11.3 Å². The van der Waals surface area contributed by atoms with E-state index in [0.29, 0.717) is 11.2 Å². The van der Waals surface area contributed by atoms with Crippen molar-refractivity contribution in [3.63, 3.8) is 0 Å². The molecule has 0 fully saturated rings. The van der Waals surface area contributed by atoms with Crippen LogP contribution in [0.25, 0.3) is 0 Å². The number of hydrogen-bond donors (Lipinski definition) is 3. The Hall–Kier alpha value is -4.27. The Labute approximate surface area is 266 Å². The molecule has 0 radical (unpaired) electrons. The van der Waals surface area contributed by atoms with E-state index in [1.807, 2.05) is 12.3 Å². The highest BCUT2D eigenvalue weighted by molar-refractivity contribution is 7.09. The third-order valence-corrected chi connectivity index (χ3v) is 7.94. The maximum Gasteiger partial charge on any atom is 0.417 e. The lowest BCUT2D eigenvalue weighted by atomic mass is 9.99. The maximum atomic E-state index is 13.9. The van der Waals surface area contributed by atoms with Gasteiger partial charge < -0.3 is 20.6 Å². The molecule has 8 nitrogen and oxygen atoms in total. The van der Waals surface area contributed by atoms with E-state index in [4.69, 9.17) is 0 Å². The zero-order chi connectivity index (χ0) is 33.4. The largest absolute Gasteiger partial charge is 0.417 e. The van der Waals surface area contributed by atoms with Gasteiger partial charge in [0.25, 0.3) is 18.2 Å². The Morgan fingerprint density at radius 2 is 1.74 bits per heavy atom. The molecule has 14 heteroatoms. The van der Waals surface area contributed by atoms with Crippen molar-refractivity contribution in [1.29, 1.82) is 0 Å². The van der Waals surface area contributed by atoms with Crippen LogP contribution in [0, 0.1) is 6.92 Å². The first-order chi connectivity index (χ1) is 21.8. The van der Waals surface area contributed by atoms with Gasteiger partial charge in [0.15, 0.2) is 0 Å². The number of rotatable bonds is 13. The van der Waals surface area contributed by atoms with Gasteiger partial charge in [-0.05, 0) is 48.7 Å². The number of carbonyl (C=O) groups is 2. The normalized spacial score (nSPS) is 13.0. The Morgan fingerprint density at radius 1 is 1.02 bits per heavy atom. The third-order valence-electron chi connectivity index (χ3n) is 6.99. The molecule has 0 spiro atoms. The lowest BCUT2D eigenvalue weighted by molar-refractivity contribution is -0.137. The number of nitrogens with zero attached hydrogens (tertiary/aromatic N) is 3. The van der Waals surface area contributed by atoms with E-state index in [1.54, 1.807) is 30.3 Å². The van der Waals surface area contributed by atoms with E-state index in [2.05, 4.69) is 20.6 Å². The number of benzene rings is 2. The number of halogens is 5. The molecular formula is C32H32F5N5O3S. The monoisotopic (exact) mass is 661 g/mol. The highest BCUT2D eigenvalue weighted by atomic mass is 32.1. The number of thiazole rings is 1. The van der Waals surface area contributed by atoms with Crippen molar-refractivity contribution in [2.75, 3.05) is 13.6 Å². The summed E-state index contributed by atoms with van der Waals surface area (Å²) in [6.07, 6.45) is -6.64. The van der Waals surface area contributed by atoms with E-state index in [1.165, 1.54) is 35.5 Å². The summed E-state index contributed by atoms with van der Waals surface area (Å²) in [6, 6.07) is 12.1. The van der Waals surface area contributed by atoms with Crippen LogP contribution in [0.15, 0.2) is 72.4 Å².